The standard InChI is InChI=1S/C21H22ClNO3/c1-26-21(25)14-16-23(15-13-17-5-3-2-4-6-17)20(24)12-9-18-7-10-19(22)11-8-18/h2-12H,13-16H2,1H3/b12-9+. The van der Waals surface area contributed by atoms with E-state index >= 15 is 0 Å². The van der Waals surface area contributed by atoms with Gasteiger partial charge >= 0.3 is 5.97 Å². The zero-order valence-electron chi connectivity index (χ0n) is 14.7. The smallest absolute Gasteiger partial charge is 0.307 e. The molecule has 1 amide bonds. The fraction of sp³-hybridized carbons (Fsp3) is 0.238. The average Bonchev–Trinajstić information content (AvgIpc) is 2.67. The van der Waals surface area contributed by atoms with Crippen LogP contribution in [0.4, 0.5) is 0 Å². The number of hydrogen-bond donors (Lipinski definition) is 0. The first-order valence-electron chi connectivity index (χ1n) is 8.42. The highest BCUT2D eigenvalue weighted by Crippen LogP contribution is 2.11. The minimum Gasteiger partial charge on any atom is -0.469 e. The molecule has 2 rings (SSSR count). The molecular formula is C21H22ClNO3. The van der Waals surface area contributed by atoms with Gasteiger partial charge in [0.2, 0.25) is 5.91 Å². The van der Waals surface area contributed by atoms with Crippen molar-refractivity contribution in [1.29, 1.82) is 0 Å². The molecule has 26 heavy (non-hydrogen) atoms. The minimum absolute atomic E-state index is 0.139. The van der Waals surface area contributed by atoms with Gasteiger partial charge in [-0.25, -0.2) is 0 Å². The molecule has 0 aliphatic rings. The lowest BCUT2D eigenvalue weighted by molar-refractivity contribution is -0.141. The van der Waals surface area contributed by atoms with E-state index in [1.54, 1.807) is 23.1 Å². The molecule has 136 valence electrons. The summed E-state index contributed by atoms with van der Waals surface area (Å²) in [7, 11) is 1.35. The number of halogens is 1. The molecule has 0 bridgehead atoms. The second-order valence-electron chi connectivity index (χ2n) is 5.77. The number of benzene rings is 2. The van der Waals surface area contributed by atoms with Gasteiger partial charge in [0.25, 0.3) is 0 Å². The third-order valence-electron chi connectivity index (χ3n) is 3.93. The molecule has 0 unspecified atom stereocenters. The van der Waals surface area contributed by atoms with Crippen molar-refractivity contribution < 1.29 is 14.3 Å². The Kier molecular flexibility index (Phi) is 7.90. The fourth-order valence-corrected chi connectivity index (χ4v) is 2.54. The average molecular weight is 372 g/mol. The molecule has 0 saturated heterocycles. The summed E-state index contributed by atoms with van der Waals surface area (Å²) in [4.78, 5) is 25.7. The normalized spacial score (nSPS) is 10.7. The number of ether oxygens (including phenoxy) is 1. The topological polar surface area (TPSA) is 46.6 Å². The predicted octanol–water partition coefficient (Wildman–Crippen LogP) is 3.99. The van der Waals surface area contributed by atoms with Crippen molar-refractivity contribution >= 4 is 29.6 Å². The van der Waals surface area contributed by atoms with Gasteiger partial charge in [0, 0.05) is 24.2 Å². The van der Waals surface area contributed by atoms with E-state index in [0.29, 0.717) is 18.1 Å². The van der Waals surface area contributed by atoms with Gasteiger partial charge in [-0.05, 0) is 35.8 Å². The van der Waals surface area contributed by atoms with Crippen LogP contribution in [-0.4, -0.2) is 37.0 Å². The molecule has 0 atom stereocenters. The van der Waals surface area contributed by atoms with Crippen molar-refractivity contribution in [3.63, 3.8) is 0 Å². The molecule has 0 heterocycles. The largest absolute Gasteiger partial charge is 0.469 e. The van der Waals surface area contributed by atoms with Crippen LogP contribution in [-0.2, 0) is 20.7 Å². The van der Waals surface area contributed by atoms with Gasteiger partial charge in [-0.15, -0.1) is 0 Å². The van der Waals surface area contributed by atoms with E-state index in [2.05, 4.69) is 4.74 Å². The molecule has 0 aliphatic carbocycles. The predicted molar refractivity (Wildman–Crippen MR) is 104 cm³/mol. The van der Waals surface area contributed by atoms with Crippen LogP contribution >= 0.6 is 11.6 Å². The lowest BCUT2D eigenvalue weighted by Crippen LogP contribution is -2.33. The van der Waals surface area contributed by atoms with Crippen LogP contribution in [0, 0.1) is 0 Å². The van der Waals surface area contributed by atoms with Crippen LogP contribution in [0.2, 0.25) is 5.02 Å². The first kappa shape index (κ1) is 19.7. The van der Waals surface area contributed by atoms with E-state index in [1.165, 1.54) is 13.2 Å². The quantitative estimate of drug-likeness (QED) is 0.520. The molecule has 0 saturated carbocycles. The zero-order chi connectivity index (χ0) is 18.8. The summed E-state index contributed by atoms with van der Waals surface area (Å²) in [5.74, 6) is -0.469. The first-order chi connectivity index (χ1) is 12.6. The van der Waals surface area contributed by atoms with E-state index < -0.39 is 0 Å². The maximum Gasteiger partial charge on any atom is 0.307 e. The minimum atomic E-state index is -0.329. The first-order valence-corrected chi connectivity index (χ1v) is 8.79. The van der Waals surface area contributed by atoms with Gasteiger partial charge in [0.15, 0.2) is 0 Å². The number of rotatable bonds is 8. The van der Waals surface area contributed by atoms with Crippen LogP contribution in [0.1, 0.15) is 17.5 Å². The maximum absolute atomic E-state index is 12.6. The second kappa shape index (κ2) is 10.4. The summed E-state index contributed by atoms with van der Waals surface area (Å²) in [6.07, 6.45) is 4.16. The Bertz CT molecular complexity index is 742. The Morgan fingerprint density at radius 2 is 1.73 bits per heavy atom. The SMILES string of the molecule is COC(=O)CCN(CCc1ccccc1)C(=O)/C=C/c1ccc(Cl)cc1. The molecular weight excluding hydrogens is 350 g/mol. The molecule has 5 heteroatoms. The fourth-order valence-electron chi connectivity index (χ4n) is 2.42. The highest BCUT2D eigenvalue weighted by atomic mass is 35.5. The van der Waals surface area contributed by atoms with Gasteiger partial charge < -0.3 is 9.64 Å². The Labute approximate surface area is 159 Å². The number of esters is 1. The third kappa shape index (κ3) is 6.73. The maximum atomic E-state index is 12.6. The molecule has 0 aliphatic heterocycles. The number of nitrogens with zero attached hydrogens (tertiary/aromatic N) is 1. The highest BCUT2D eigenvalue weighted by molar-refractivity contribution is 6.30. The molecule has 0 fully saturated rings. The lowest BCUT2D eigenvalue weighted by Gasteiger charge is -2.21. The van der Waals surface area contributed by atoms with Crippen molar-refractivity contribution in [3.8, 4) is 0 Å². The lowest BCUT2D eigenvalue weighted by atomic mass is 10.1. The van der Waals surface area contributed by atoms with Crippen molar-refractivity contribution in [2.24, 2.45) is 0 Å². The summed E-state index contributed by atoms with van der Waals surface area (Å²) in [5, 5.41) is 0.649. The number of carbonyl (C=O) groups excluding carboxylic acids is 2. The van der Waals surface area contributed by atoms with E-state index in [-0.39, 0.29) is 18.3 Å². The molecule has 0 N–H and O–H groups in total. The van der Waals surface area contributed by atoms with Gasteiger partial charge in [-0.1, -0.05) is 54.1 Å². The van der Waals surface area contributed by atoms with Crippen LogP contribution < -0.4 is 0 Å². The summed E-state index contributed by atoms with van der Waals surface area (Å²) in [6.45, 7) is 0.855. The molecule has 0 spiro atoms. The Morgan fingerprint density at radius 3 is 2.38 bits per heavy atom. The van der Waals surface area contributed by atoms with Gasteiger partial charge in [-0.3, -0.25) is 9.59 Å². The highest BCUT2D eigenvalue weighted by Gasteiger charge is 2.13. The van der Waals surface area contributed by atoms with Crippen LogP contribution in [0.3, 0.4) is 0 Å². The summed E-state index contributed by atoms with van der Waals surface area (Å²) in [6, 6.07) is 17.2. The molecule has 4 nitrogen and oxygen atoms in total. The number of carbonyl (C=O) groups is 2. The zero-order valence-corrected chi connectivity index (χ0v) is 15.5. The van der Waals surface area contributed by atoms with E-state index in [0.717, 1.165) is 17.5 Å². The Morgan fingerprint density at radius 1 is 1.04 bits per heavy atom. The Balaban J connectivity index is 2.01. The van der Waals surface area contributed by atoms with E-state index in [1.807, 2.05) is 42.5 Å². The van der Waals surface area contributed by atoms with Crippen molar-refractivity contribution in [1.82, 2.24) is 4.90 Å². The number of amides is 1. The van der Waals surface area contributed by atoms with Crippen molar-refractivity contribution in [2.75, 3.05) is 20.2 Å². The summed E-state index contributed by atoms with van der Waals surface area (Å²) >= 11 is 5.87. The number of hydrogen-bond acceptors (Lipinski definition) is 3. The second-order valence-corrected chi connectivity index (χ2v) is 6.21. The van der Waals surface area contributed by atoms with Crippen LogP contribution in [0.15, 0.2) is 60.7 Å². The molecule has 0 aromatic heterocycles. The van der Waals surface area contributed by atoms with Gasteiger partial charge in [-0.2, -0.15) is 0 Å². The Hall–Kier alpha value is -2.59. The van der Waals surface area contributed by atoms with E-state index in [9.17, 15) is 9.59 Å². The molecule has 2 aromatic carbocycles. The van der Waals surface area contributed by atoms with Crippen LogP contribution in [0.5, 0.6) is 0 Å². The summed E-state index contributed by atoms with van der Waals surface area (Å²) < 4.78 is 4.68. The van der Waals surface area contributed by atoms with Crippen molar-refractivity contribution in [2.45, 2.75) is 12.8 Å². The molecule has 2 aromatic rings. The summed E-state index contributed by atoms with van der Waals surface area (Å²) in [5.41, 5.74) is 2.03. The van der Waals surface area contributed by atoms with Crippen LogP contribution in [0.25, 0.3) is 6.08 Å². The molecule has 0 radical (unpaired) electrons. The number of methoxy groups -OCH3 is 1. The van der Waals surface area contributed by atoms with Crippen molar-refractivity contribution in [3.05, 3.63) is 76.8 Å². The third-order valence-corrected chi connectivity index (χ3v) is 4.18. The van der Waals surface area contributed by atoms with Gasteiger partial charge in [0.05, 0.1) is 13.5 Å². The van der Waals surface area contributed by atoms with Gasteiger partial charge in [0.1, 0.15) is 0 Å². The monoisotopic (exact) mass is 371 g/mol. The van der Waals surface area contributed by atoms with E-state index in [4.69, 9.17) is 11.6 Å².